The average molecular weight is 334 g/mol. The molecule has 23 heavy (non-hydrogen) atoms. The zero-order valence-electron chi connectivity index (χ0n) is 11.5. The molecule has 0 aliphatic rings. The summed E-state index contributed by atoms with van der Waals surface area (Å²) in [6.07, 6.45) is -2.79. The second kappa shape index (κ2) is 6.31. The number of halogens is 6. The van der Waals surface area contributed by atoms with E-state index in [4.69, 9.17) is 0 Å². The number of hydrogen-bond donors (Lipinski definition) is 0. The fourth-order valence-electron chi connectivity index (χ4n) is 1.75. The van der Waals surface area contributed by atoms with Crippen molar-refractivity contribution in [1.29, 1.82) is 0 Å². The van der Waals surface area contributed by atoms with Crippen LogP contribution in [0.25, 0.3) is 0 Å². The molecule has 122 valence electrons. The summed E-state index contributed by atoms with van der Waals surface area (Å²) >= 11 is 0. The van der Waals surface area contributed by atoms with Gasteiger partial charge >= 0.3 is 0 Å². The van der Waals surface area contributed by atoms with Gasteiger partial charge in [-0.1, -0.05) is 0 Å². The van der Waals surface area contributed by atoms with Crippen LogP contribution < -0.4 is 4.74 Å². The van der Waals surface area contributed by atoms with Crippen LogP contribution >= 0.6 is 0 Å². The summed E-state index contributed by atoms with van der Waals surface area (Å²) in [5.41, 5.74) is -1.29. The zero-order valence-corrected chi connectivity index (χ0v) is 11.5. The number of Topliss-reactive ketones (excluding diaryl/α,β-unsaturated/α-hetero) is 1. The Kier molecular flexibility index (Phi) is 4.63. The average Bonchev–Trinajstić information content (AvgIpc) is 2.50. The third-order valence-corrected chi connectivity index (χ3v) is 2.94. The molecule has 0 aliphatic heterocycles. The summed E-state index contributed by atoms with van der Waals surface area (Å²) in [6, 6.07) is 2.84. The molecule has 0 aliphatic carbocycles. The lowest BCUT2D eigenvalue weighted by Crippen LogP contribution is -2.09. The third-order valence-electron chi connectivity index (χ3n) is 2.94. The summed E-state index contributed by atoms with van der Waals surface area (Å²) in [5.74, 6) is -10.4. The van der Waals surface area contributed by atoms with E-state index in [9.17, 15) is 31.1 Å². The summed E-state index contributed by atoms with van der Waals surface area (Å²) in [4.78, 5) is 11.1. The number of hydrogen-bond acceptors (Lipinski definition) is 2. The molecular formula is C15H8F6O2. The molecule has 0 spiro atoms. The predicted octanol–water partition coefficient (Wildman–Crippen LogP) is 4.63. The fraction of sp³-hybridized carbons (Fsp3) is 0.133. The maximum absolute atomic E-state index is 13.9. The number of ether oxygens (including phenoxy) is 1. The topological polar surface area (TPSA) is 26.3 Å². The molecule has 0 radical (unpaired) electrons. The quantitative estimate of drug-likeness (QED) is 0.353. The Hall–Kier alpha value is -2.51. The van der Waals surface area contributed by atoms with Gasteiger partial charge in [-0.25, -0.2) is 22.0 Å². The van der Waals surface area contributed by atoms with E-state index < -0.39 is 52.5 Å². The lowest BCUT2D eigenvalue weighted by molar-refractivity contribution is 0.0581. The van der Waals surface area contributed by atoms with Crippen molar-refractivity contribution in [2.24, 2.45) is 0 Å². The molecule has 2 rings (SSSR count). The maximum Gasteiger partial charge on any atom is 0.267 e. The maximum atomic E-state index is 13.9. The van der Waals surface area contributed by atoms with E-state index in [2.05, 4.69) is 4.74 Å². The molecule has 2 aromatic carbocycles. The van der Waals surface area contributed by atoms with Gasteiger partial charge in [-0.2, -0.15) is 4.39 Å². The molecule has 0 bridgehead atoms. The van der Waals surface area contributed by atoms with Gasteiger partial charge in [0.1, 0.15) is 0 Å². The molecular weight excluding hydrogens is 326 g/mol. The van der Waals surface area contributed by atoms with E-state index in [1.165, 1.54) is 6.92 Å². The van der Waals surface area contributed by atoms with Crippen LogP contribution in [-0.4, -0.2) is 5.78 Å². The first-order valence-corrected chi connectivity index (χ1v) is 6.16. The van der Waals surface area contributed by atoms with E-state index in [0.717, 1.165) is 18.2 Å². The first kappa shape index (κ1) is 16.9. The Morgan fingerprint density at radius 3 is 2.17 bits per heavy atom. The first-order chi connectivity index (χ1) is 10.7. The number of ketones is 1. The van der Waals surface area contributed by atoms with Crippen molar-refractivity contribution in [2.75, 3.05) is 0 Å². The molecule has 0 saturated heterocycles. The highest BCUT2D eigenvalue weighted by Crippen LogP contribution is 2.30. The van der Waals surface area contributed by atoms with Gasteiger partial charge in [0.2, 0.25) is 0 Å². The lowest BCUT2D eigenvalue weighted by atomic mass is 10.1. The molecule has 2 nitrogen and oxygen atoms in total. The van der Waals surface area contributed by atoms with Crippen molar-refractivity contribution in [1.82, 2.24) is 0 Å². The summed E-state index contributed by atoms with van der Waals surface area (Å²) in [5, 5.41) is 0. The first-order valence-electron chi connectivity index (χ1n) is 6.16. The zero-order chi connectivity index (χ0) is 17.3. The standard InChI is InChI=1S/C15H8F6O2/c1-6(22)7-2-3-11(9(16)4-7)23-15(21)8-5-10(17)13(19)14(20)12(8)18/h2-5,15H,1H3. The fourth-order valence-corrected chi connectivity index (χ4v) is 1.75. The molecule has 0 amide bonds. The molecule has 1 atom stereocenters. The van der Waals surface area contributed by atoms with Crippen LogP contribution in [0.15, 0.2) is 24.3 Å². The van der Waals surface area contributed by atoms with Gasteiger partial charge in [-0.3, -0.25) is 4.79 Å². The minimum atomic E-state index is -2.79. The largest absolute Gasteiger partial charge is 0.453 e. The molecule has 0 aromatic heterocycles. The Balaban J connectivity index is 2.33. The highest BCUT2D eigenvalue weighted by atomic mass is 19.2. The third kappa shape index (κ3) is 3.30. The SMILES string of the molecule is CC(=O)c1ccc(OC(F)c2cc(F)c(F)c(F)c2F)c(F)c1. The van der Waals surface area contributed by atoms with Crippen LogP contribution in [0.4, 0.5) is 26.3 Å². The number of benzene rings is 2. The van der Waals surface area contributed by atoms with Crippen LogP contribution in [-0.2, 0) is 0 Å². The van der Waals surface area contributed by atoms with Crippen LogP contribution in [0, 0.1) is 29.1 Å². The monoisotopic (exact) mass is 334 g/mol. The number of carbonyl (C=O) groups excluding carboxylic acids is 1. The van der Waals surface area contributed by atoms with Gasteiger partial charge in [0.25, 0.3) is 6.36 Å². The molecule has 0 saturated carbocycles. The Morgan fingerprint density at radius 1 is 0.957 bits per heavy atom. The van der Waals surface area contributed by atoms with Crippen LogP contribution in [0.1, 0.15) is 29.2 Å². The molecule has 0 N–H and O–H groups in total. The van der Waals surface area contributed by atoms with Crippen molar-refractivity contribution < 1.29 is 35.9 Å². The van der Waals surface area contributed by atoms with Crippen molar-refractivity contribution >= 4 is 5.78 Å². The lowest BCUT2D eigenvalue weighted by Gasteiger charge is -2.14. The normalized spacial score (nSPS) is 12.1. The van der Waals surface area contributed by atoms with Crippen molar-refractivity contribution in [3.63, 3.8) is 0 Å². The minimum Gasteiger partial charge on any atom is -0.453 e. The Labute approximate surface area is 126 Å². The van der Waals surface area contributed by atoms with Crippen molar-refractivity contribution in [3.8, 4) is 5.75 Å². The second-order valence-electron chi connectivity index (χ2n) is 4.52. The molecule has 0 fully saturated rings. The van der Waals surface area contributed by atoms with E-state index >= 15 is 0 Å². The van der Waals surface area contributed by atoms with Gasteiger partial charge in [-0.15, -0.1) is 0 Å². The van der Waals surface area contributed by atoms with Gasteiger partial charge in [-0.05, 0) is 31.2 Å². The van der Waals surface area contributed by atoms with E-state index in [-0.39, 0.29) is 11.6 Å². The number of alkyl halides is 1. The van der Waals surface area contributed by atoms with E-state index in [1.54, 1.807) is 0 Å². The smallest absolute Gasteiger partial charge is 0.267 e. The highest BCUT2D eigenvalue weighted by molar-refractivity contribution is 5.94. The summed E-state index contributed by atoms with van der Waals surface area (Å²) in [6.45, 7) is 1.17. The van der Waals surface area contributed by atoms with Gasteiger partial charge in [0.15, 0.2) is 40.6 Å². The van der Waals surface area contributed by atoms with E-state index in [0.29, 0.717) is 0 Å². The second-order valence-corrected chi connectivity index (χ2v) is 4.52. The van der Waals surface area contributed by atoms with Crippen LogP contribution in [0.2, 0.25) is 0 Å². The van der Waals surface area contributed by atoms with Crippen molar-refractivity contribution in [3.05, 3.63) is 64.5 Å². The van der Waals surface area contributed by atoms with E-state index in [1.807, 2.05) is 0 Å². The minimum absolute atomic E-state index is 0.0182. The number of rotatable bonds is 4. The van der Waals surface area contributed by atoms with Crippen molar-refractivity contribution in [2.45, 2.75) is 13.3 Å². The Morgan fingerprint density at radius 2 is 1.61 bits per heavy atom. The van der Waals surface area contributed by atoms with Gasteiger partial charge in [0, 0.05) is 5.56 Å². The highest BCUT2D eigenvalue weighted by Gasteiger charge is 2.26. The number of carbonyl (C=O) groups is 1. The summed E-state index contributed by atoms with van der Waals surface area (Å²) < 4.78 is 84.3. The van der Waals surface area contributed by atoms with Crippen LogP contribution in [0.5, 0.6) is 5.75 Å². The predicted molar refractivity (Wildman–Crippen MR) is 67.2 cm³/mol. The van der Waals surface area contributed by atoms with Gasteiger partial charge < -0.3 is 4.74 Å². The Bertz CT molecular complexity index is 775. The van der Waals surface area contributed by atoms with Gasteiger partial charge in [0.05, 0.1) is 5.56 Å². The summed E-state index contributed by atoms with van der Waals surface area (Å²) in [7, 11) is 0. The molecule has 1 unspecified atom stereocenters. The molecule has 2 aromatic rings. The molecule has 8 heteroatoms. The molecule has 0 heterocycles. The van der Waals surface area contributed by atoms with Crippen LogP contribution in [0.3, 0.4) is 0 Å².